The second-order valence-corrected chi connectivity index (χ2v) is 22.3. The molecule has 344 valence electrons. The molecule has 3 aliphatic rings. The molecule has 0 N–H and O–H groups in total. The lowest BCUT2D eigenvalue weighted by Gasteiger charge is -2.48. The maximum Gasteiger partial charge on any atom is 0.0555 e. The Bertz CT molecular complexity index is 4000. The van der Waals surface area contributed by atoms with Gasteiger partial charge in [-0.15, -0.1) is 22.7 Å². The Balaban J connectivity index is 0.904. The Morgan fingerprint density at radius 1 is 0.500 bits per heavy atom. The van der Waals surface area contributed by atoms with E-state index in [1.165, 1.54) is 108 Å². The lowest BCUT2D eigenvalue weighted by molar-refractivity contribution is 0.293. The van der Waals surface area contributed by atoms with Gasteiger partial charge in [-0.3, -0.25) is 0 Å². The topological polar surface area (TPSA) is 3.24 Å². The van der Waals surface area contributed by atoms with Gasteiger partial charge in [-0.1, -0.05) is 214 Å². The Morgan fingerprint density at radius 2 is 1.10 bits per heavy atom. The zero-order chi connectivity index (χ0) is 48.0. The van der Waals surface area contributed by atoms with E-state index in [0.29, 0.717) is 5.92 Å². The first-order chi connectivity index (χ1) is 35.5. The summed E-state index contributed by atoms with van der Waals surface area (Å²) in [4.78, 5) is 3.93. The standard InChI is InChI=1S/C69H51NS2/c1-45-29-42-54(67-64(45)58-21-9-12-28-63(58)72-67)48-32-30-46(31-33-48)47-34-38-51(39-35-47)70(52-40-36-49(37-41-52)53-22-15-23-56-55-19-8-11-27-62(55)71-66(53)56)61-26-16-25-60-65(61)57-20-7-10-24-59(57)69(60,50-17-5-3-6-18-50)68(2)43-13-4-14-44-68/h3-28,30-43,45H,29,44H2,1-2H3. The molecule has 0 spiro atoms. The predicted molar refractivity (Wildman–Crippen MR) is 310 cm³/mol. The van der Waals surface area contributed by atoms with Gasteiger partial charge in [0.05, 0.1) is 11.1 Å². The lowest BCUT2D eigenvalue weighted by Crippen LogP contribution is -2.43. The SMILES string of the molecule is CC1CC=C(c2ccc(-c3ccc(N(c4ccc(-c5cccc6c5sc5ccccc56)cc4)c4cccc5c4-c4ccccc4C5(c4ccccc4)C4(C)C=CC=CC4)cc3)cc2)c2sc3ccccc3c21. The van der Waals surface area contributed by atoms with Crippen LogP contribution in [0.5, 0.6) is 0 Å². The number of benzene rings is 9. The molecule has 2 aromatic heterocycles. The van der Waals surface area contributed by atoms with Gasteiger partial charge in [-0.2, -0.15) is 0 Å². The van der Waals surface area contributed by atoms with Crippen LogP contribution in [0.3, 0.4) is 0 Å². The average Bonchev–Trinajstić information content (AvgIpc) is 4.12. The van der Waals surface area contributed by atoms with Crippen molar-refractivity contribution in [1.82, 2.24) is 0 Å². The third kappa shape index (κ3) is 6.50. The third-order valence-corrected chi connectivity index (χ3v) is 18.6. The summed E-state index contributed by atoms with van der Waals surface area (Å²) in [6, 6.07) is 79.9. The second kappa shape index (κ2) is 16.9. The molecule has 3 heteroatoms. The summed E-state index contributed by atoms with van der Waals surface area (Å²) in [6.07, 6.45) is 13.7. The zero-order valence-corrected chi connectivity index (χ0v) is 42.0. The van der Waals surface area contributed by atoms with Gasteiger partial charge in [0, 0.05) is 52.1 Å². The summed E-state index contributed by atoms with van der Waals surface area (Å²) >= 11 is 3.83. The highest BCUT2D eigenvalue weighted by Gasteiger charge is 2.56. The maximum absolute atomic E-state index is 2.51. The number of rotatable bonds is 8. The first kappa shape index (κ1) is 43.0. The van der Waals surface area contributed by atoms with Gasteiger partial charge in [0.1, 0.15) is 0 Å². The smallest absolute Gasteiger partial charge is 0.0555 e. The van der Waals surface area contributed by atoms with Gasteiger partial charge >= 0.3 is 0 Å². The summed E-state index contributed by atoms with van der Waals surface area (Å²) in [6.45, 7) is 4.84. The van der Waals surface area contributed by atoms with Crippen molar-refractivity contribution in [3.8, 4) is 33.4 Å². The molecule has 2 heterocycles. The van der Waals surface area contributed by atoms with Crippen molar-refractivity contribution >= 4 is 75.6 Å². The number of hydrogen-bond donors (Lipinski definition) is 0. The summed E-state index contributed by atoms with van der Waals surface area (Å²) in [5.74, 6) is 0.519. The summed E-state index contributed by atoms with van der Waals surface area (Å²) in [7, 11) is 0. The molecule has 0 saturated heterocycles. The summed E-state index contributed by atoms with van der Waals surface area (Å²) in [5.41, 5.74) is 18.4. The number of anilines is 3. The minimum atomic E-state index is -0.434. The van der Waals surface area contributed by atoms with Crippen LogP contribution < -0.4 is 4.90 Å². The Morgan fingerprint density at radius 3 is 1.85 bits per heavy atom. The van der Waals surface area contributed by atoms with E-state index < -0.39 is 5.41 Å². The molecule has 0 bridgehead atoms. The van der Waals surface area contributed by atoms with E-state index in [1.807, 2.05) is 22.7 Å². The van der Waals surface area contributed by atoms with Crippen molar-refractivity contribution in [2.24, 2.45) is 5.41 Å². The Labute approximate surface area is 430 Å². The number of thiophene rings is 2. The minimum Gasteiger partial charge on any atom is -0.310 e. The summed E-state index contributed by atoms with van der Waals surface area (Å²) < 4.78 is 4.03. The van der Waals surface area contributed by atoms with Crippen LogP contribution in [0.15, 0.2) is 243 Å². The van der Waals surface area contributed by atoms with Crippen molar-refractivity contribution in [2.75, 3.05) is 4.90 Å². The van der Waals surface area contributed by atoms with E-state index in [2.05, 4.69) is 261 Å². The molecule has 14 rings (SSSR count). The molecule has 0 saturated carbocycles. The summed E-state index contributed by atoms with van der Waals surface area (Å²) in [5, 5.41) is 4.05. The normalized spacial score (nSPS) is 18.8. The molecule has 3 aliphatic carbocycles. The predicted octanol–water partition coefficient (Wildman–Crippen LogP) is 19.8. The quantitative estimate of drug-likeness (QED) is 0.147. The van der Waals surface area contributed by atoms with E-state index in [-0.39, 0.29) is 5.41 Å². The highest BCUT2D eigenvalue weighted by molar-refractivity contribution is 7.26. The van der Waals surface area contributed by atoms with Gasteiger partial charge in [-0.25, -0.2) is 0 Å². The van der Waals surface area contributed by atoms with Crippen LogP contribution in [-0.4, -0.2) is 0 Å². The van der Waals surface area contributed by atoms with Crippen LogP contribution in [-0.2, 0) is 5.41 Å². The maximum atomic E-state index is 2.51. The van der Waals surface area contributed by atoms with E-state index in [4.69, 9.17) is 0 Å². The fourth-order valence-corrected chi connectivity index (χ4v) is 15.4. The highest BCUT2D eigenvalue weighted by atomic mass is 32.1. The molecule has 0 fully saturated rings. The fourth-order valence-electron chi connectivity index (χ4n) is 12.8. The van der Waals surface area contributed by atoms with E-state index in [1.54, 1.807) is 0 Å². The van der Waals surface area contributed by atoms with E-state index in [0.717, 1.165) is 24.2 Å². The van der Waals surface area contributed by atoms with Crippen LogP contribution >= 0.6 is 22.7 Å². The largest absolute Gasteiger partial charge is 0.310 e. The molecule has 9 aromatic carbocycles. The number of allylic oxidation sites excluding steroid dienone is 5. The monoisotopic (exact) mass is 957 g/mol. The van der Waals surface area contributed by atoms with Crippen molar-refractivity contribution in [1.29, 1.82) is 0 Å². The Hall–Kier alpha value is -7.82. The second-order valence-electron chi connectivity index (χ2n) is 20.2. The highest BCUT2D eigenvalue weighted by Crippen LogP contribution is 2.65. The third-order valence-electron chi connectivity index (χ3n) is 16.1. The zero-order valence-electron chi connectivity index (χ0n) is 40.3. The molecular weight excluding hydrogens is 907 g/mol. The molecule has 0 aliphatic heterocycles. The molecule has 11 aromatic rings. The molecular formula is C69H51NS2. The molecule has 3 unspecified atom stereocenters. The van der Waals surface area contributed by atoms with Gasteiger partial charge in [0.25, 0.3) is 0 Å². The van der Waals surface area contributed by atoms with Crippen molar-refractivity contribution in [2.45, 2.75) is 38.0 Å². The number of hydrogen-bond acceptors (Lipinski definition) is 3. The number of nitrogens with zero attached hydrogens (tertiary/aromatic N) is 1. The fraction of sp³-hybridized carbons (Fsp3) is 0.101. The molecule has 1 nitrogen and oxygen atoms in total. The van der Waals surface area contributed by atoms with E-state index in [9.17, 15) is 0 Å². The first-order valence-corrected chi connectivity index (χ1v) is 27.0. The minimum absolute atomic E-state index is 0.230. The van der Waals surface area contributed by atoms with Gasteiger partial charge in [0.2, 0.25) is 0 Å². The van der Waals surface area contributed by atoms with Gasteiger partial charge < -0.3 is 4.90 Å². The van der Waals surface area contributed by atoms with Crippen molar-refractivity contribution in [3.05, 3.63) is 275 Å². The van der Waals surface area contributed by atoms with Crippen LogP contribution in [0.1, 0.15) is 65.3 Å². The van der Waals surface area contributed by atoms with Crippen LogP contribution in [0, 0.1) is 5.41 Å². The van der Waals surface area contributed by atoms with Gasteiger partial charge in [0.15, 0.2) is 0 Å². The van der Waals surface area contributed by atoms with Crippen LogP contribution in [0.25, 0.3) is 69.2 Å². The molecule has 0 radical (unpaired) electrons. The first-order valence-electron chi connectivity index (χ1n) is 25.4. The van der Waals surface area contributed by atoms with E-state index >= 15 is 0 Å². The number of fused-ring (bicyclic) bond motifs is 9. The molecule has 72 heavy (non-hydrogen) atoms. The van der Waals surface area contributed by atoms with Crippen LogP contribution in [0.2, 0.25) is 0 Å². The Kier molecular flexibility index (Phi) is 10.1. The van der Waals surface area contributed by atoms with Crippen LogP contribution in [0.4, 0.5) is 17.1 Å². The van der Waals surface area contributed by atoms with Gasteiger partial charge in [-0.05, 0) is 128 Å². The molecule has 0 amide bonds. The average molecular weight is 958 g/mol. The van der Waals surface area contributed by atoms with Crippen molar-refractivity contribution < 1.29 is 0 Å². The molecule has 3 atom stereocenters. The van der Waals surface area contributed by atoms with Crippen molar-refractivity contribution in [3.63, 3.8) is 0 Å². The lowest BCUT2D eigenvalue weighted by atomic mass is 9.54.